The molecule has 4 nitrogen and oxygen atoms in total. The predicted molar refractivity (Wildman–Crippen MR) is 57.7 cm³/mol. The SMILES string of the molecule is Nc1cnn(Cc2ccc(Br)cc2)n1. The van der Waals surface area contributed by atoms with Gasteiger partial charge in [-0.25, -0.2) is 0 Å². The first-order chi connectivity index (χ1) is 6.74. The molecule has 0 bridgehead atoms. The monoisotopic (exact) mass is 252 g/mol. The topological polar surface area (TPSA) is 56.7 Å². The number of aromatic nitrogens is 3. The second-order valence-corrected chi connectivity index (χ2v) is 3.84. The van der Waals surface area contributed by atoms with Gasteiger partial charge >= 0.3 is 0 Å². The molecule has 0 fully saturated rings. The van der Waals surface area contributed by atoms with E-state index in [4.69, 9.17) is 5.73 Å². The molecule has 0 atom stereocenters. The molecular weight excluding hydrogens is 244 g/mol. The first kappa shape index (κ1) is 9.21. The van der Waals surface area contributed by atoms with Crippen LogP contribution in [-0.2, 0) is 6.54 Å². The summed E-state index contributed by atoms with van der Waals surface area (Å²) in [6.07, 6.45) is 1.54. The molecule has 1 aromatic heterocycles. The van der Waals surface area contributed by atoms with Gasteiger partial charge < -0.3 is 5.73 Å². The Hall–Kier alpha value is -1.36. The average molecular weight is 253 g/mol. The van der Waals surface area contributed by atoms with Crippen LogP contribution in [0.4, 0.5) is 5.82 Å². The van der Waals surface area contributed by atoms with E-state index in [-0.39, 0.29) is 0 Å². The molecule has 0 aliphatic carbocycles. The van der Waals surface area contributed by atoms with Gasteiger partial charge in [-0.1, -0.05) is 28.1 Å². The normalized spacial score (nSPS) is 10.4. The lowest BCUT2D eigenvalue weighted by Gasteiger charge is -1.99. The number of benzene rings is 1. The van der Waals surface area contributed by atoms with Gasteiger partial charge in [0.15, 0.2) is 5.82 Å². The van der Waals surface area contributed by atoms with Crippen molar-refractivity contribution in [3.8, 4) is 0 Å². The van der Waals surface area contributed by atoms with Crippen LogP contribution in [-0.4, -0.2) is 15.0 Å². The lowest BCUT2D eigenvalue weighted by Crippen LogP contribution is -2.03. The molecule has 0 amide bonds. The molecule has 0 saturated heterocycles. The second kappa shape index (κ2) is 3.79. The highest BCUT2D eigenvalue weighted by Crippen LogP contribution is 2.11. The Kier molecular flexibility index (Phi) is 2.49. The summed E-state index contributed by atoms with van der Waals surface area (Å²) in [4.78, 5) is 1.57. The molecule has 0 saturated carbocycles. The Balaban J connectivity index is 2.15. The number of rotatable bonds is 2. The molecular formula is C9H9BrN4. The third-order valence-electron chi connectivity index (χ3n) is 1.79. The average Bonchev–Trinajstić information content (AvgIpc) is 2.56. The molecule has 5 heteroatoms. The zero-order valence-corrected chi connectivity index (χ0v) is 8.98. The number of halogens is 1. The number of hydrogen-bond acceptors (Lipinski definition) is 3. The van der Waals surface area contributed by atoms with Gasteiger partial charge in [0.25, 0.3) is 0 Å². The summed E-state index contributed by atoms with van der Waals surface area (Å²) in [5, 5.41) is 8.00. The summed E-state index contributed by atoms with van der Waals surface area (Å²) in [6, 6.07) is 8.01. The summed E-state index contributed by atoms with van der Waals surface area (Å²) in [7, 11) is 0. The maximum atomic E-state index is 5.45. The number of hydrogen-bond donors (Lipinski definition) is 1. The van der Waals surface area contributed by atoms with E-state index in [1.54, 1.807) is 11.0 Å². The highest BCUT2D eigenvalue weighted by Gasteiger charge is 1.97. The molecule has 2 N–H and O–H groups in total. The molecule has 2 rings (SSSR count). The van der Waals surface area contributed by atoms with Crippen LogP contribution < -0.4 is 5.73 Å². The molecule has 0 radical (unpaired) electrons. The quantitative estimate of drug-likeness (QED) is 0.885. The van der Waals surface area contributed by atoms with Crippen molar-refractivity contribution < 1.29 is 0 Å². The van der Waals surface area contributed by atoms with Gasteiger partial charge in [-0.3, -0.25) is 0 Å². The number of nitrogens with two attached hydrogens (primary N) is 1. The summed E-state index contributed by atoms with van der Waals surface area (Å²) in [6.45, 7) is 0.643. The molecule has 0 aliphatic rings. The van der Waals surface area contributed by atoms with Crippen molar-refractivity contribution in [1.29, 1.82) is 0 Å². The molecule has 0 spiro atoms. The van der Waals surface area contributed by atoms with Crippen molar-refractivity contribution in [2.45, 2.75) is 6.54 Å². The Morgan fingerprint density at radius 2 is 2.00 bits per heavy atom. The first-order valence-corrected chi connectivity index (χ1v) is 4.93. The minimum Gasteiger partial charge on any atom is -0.381 e. The number of anilines is 1. The molecule has 72 valence electrons. The van der Waals surface area contributed by atoms with E-state index in [0.717, 1.165) is 10.0 Å². The van der Waals surface area contributed by atoms with Crippen LogP contribution >= 0.6 is 15.9 Å². The lowest BCUT2D eigenvalue weighted by molar-refractivity contribution is 0.593. The van der Waals surface area contributed by atoms with E-state index in [9.17, 15) is 0 Å². The summed E-state index contributed by atoms with van der Waals surface area (Å²) in [5.74, 6) is 0.446. The fourth-order valence-electron chi connectivity index (χ4n) is 1.14. The number of nitrogens with zero attached hydrogens (tertiary/aromatic N) is 3. The largest absolute Gasteiger partial charge is 0.381 e. The Labute approximate surface area is 89.9 Å². The van der Waals surface area contributed by atoms with Crippen molar-refractivity contribution in [2.24, 2.45) is 0 Å². The summed E-state index contributed by atoms with van der Waals surface area (Å²) < 4.78 is 1.06. The van der Waals surface area contributed by atoms with Crippen molar-refractivity contribution in [1.82, 2.24) is 15.0 Å². The third-order valence-corrected chi connectivity index (χ3v) is 2.32. The molecule has 0 aliphatic heterocycles. The highest BCUT2D eigenvalue weighted by atomic mass is 79.9. The van der Waals surface area contributed by atoms with Crippen LogP contribution in [0.5, 0.6) is 0 Å². The van der Waals surface area contributed by atoms with Crippen LogP contribution in [0, 0.1) is 0 Å². The maximum absolute atomic E-state index is 5.45. The van der Waals surface area contributed by atoms with Crippen LogP contribution in [0.1, 0.15) is 5.56 Å². The van der Waals surface area contributed by atoms with Gasteiger partial charge in [-0.05, 0) is 17.7 Å². The molecule has 2 aromatic rings. The Morgan fingerprint density at radius 1 is 1.29 bits per heavy atom. The zero-order valence-electron chi connectivity index (χ0n) is 7.39. The van der Waals surface area contributed by atoms with Crippen molar-refractivity contribution >= 4 is 21.7 Å². The van der Waals surface area contributed by atoms with E-state index >= 15 is 0 Å². The van der Waals surface area contributed by atoms with E-state index in [1.807, 2.05) is 24.3 Å². The van der Waals surface area contributed by atoms with Gasteiger partial charge in [-0.2, -0.15) is 9.90 Å². The summed E-state index contributed by atoms with van der Waals surface area (Å²) in [5.41, 5.74) is 6.60. The third kappa shape index (κ3) is 2.11. The van der Waals surface area contributed by atoms with E-state index in [0.29, 0.717) is 12.4 Å². The maximum Gasteiger partial charge on any atom is 0.165 e. The fourth-order valence-corrected chi connectivity index (χ4v) is 1.40. The van der Waals surface area contributed by atoms with Gasteiger partial charge in [0.2, 0.25) is 0 Å². The van der Waals surface area contributed by atoms with Crippen LogP contribution in [0.25, 0.3) is 0 Å². The predicted octanol–water partition coefficient (Wildman–Crippen LogP) is 1.67. The fraction of sp³-hybridized carbons (Fsp3) is 0.111. The van der Waals surface area contributed by atoms with Crippen LogP contribution in [0.15, 0.2) is 34.9 Å². The second-order valence-electron chi connectivity index (χ2n) is 2.93. The van der Waals surface area contributed by atoms with Gasteiger partial charge in [0.1, 0.15) is 0 Å². The van der Waals surface area contributed by atoms with Crippen molar-refractivity contribution in [2.75, 3.05) is 5.73 Å². The molecule has 1 heterocycles. The van der Waals surface area contributed by atoms with Crippen molar-refractivity contribution in [3.05, 3.63) is 40.5 Å². The minimum atomic E-state index is 0.446. The number of nitrogen functional groups attached to an aromatic ring is 1. The van der Waals surface area contributed by atoms with Crippen molar-refractivity contribution in [3.63, 3.8) is 0 Å². The highest BCUT2D eigenvalue weighted by molar-refractivity contribution is 9.10. The van der Waals surface area contributed by atoms with Gasteiger partial charge in [0.05, 0.1) is 12.7 Å². The van der Waals surface area contributed by atoms with Crippen LogP contribution in [0.3, 0.4) is 0 Å². The Bertz CT molecular complexity index is 421. The first-order valence-electron chi connectivity index (χ1n) is 4.14. The lowest BCUT2D eigenvalue weighted by atomic mass is 10.2. The molecule has 1 aromatic carbocycles. The molecule has 14 heavy (non-hydrogen) atoms. The summed E-state index contributed by atoms with van der Waals surface area (Å²) >= 11 is 3.38. The van der Waals surface area contributed by atoms with Gasteiger partial charge in [-0.15, -0.1) is 5.10 Å². The van der Waals surface area contributed by atoms with E-state index < -0.39 is 0 Å². The Morgan fingerprint density at radius 3 is 2.57 bits per heavy atom. The minimum absolute atomic E-state index is 0.446. The van der Waals surface area contributed by atoms with Gasteiger partial charge in [0, 0.05) is 4.47 Å². The van der Waals surface area contributed by atoms with E-state index in [2.05, 4.69) is 26.1 Å². The molecule has 0 unspecified atom stereocenters. The standard InChI is InChI=1S/C9H9BrN4/c10-8-3-1-7(2-4-8)6-14-12-5-9(11)13-14/h1-5H,6H2,(H2,11,13). The van der Waals surface area contributed by atoms with E-state index in [1.165, 1.54) is 0 Å². The van der Waals surface area contributed by atoms with Crippen LogP contribution in [0.2, 0.25) is 0 Å². The smallest absolute Gasteiger partial charge is 0.165 e. The zero-order chi connectivity index (χ0) is 9.97.